The Morgan fingerprint density at radius 2 is 0.790 bits per heavy atom. The average Bonchev–Trinajstić information content (AvgIpc) is 4.44. The molecule has 8 bridgehead atoms. The van der Waals surface area contributed by atoms with Gasteiger partial charge in [-0.15, -0.1) is 0 Å². The van der Waals surface area contributed by atoms with Crippen LogP contribution in [0.5, 0.6) is 11.5 Å². The monoisotopic (exact) mass is 1070 g/mol. The zero-order valence-corrected chi connectivity index (χ0v) is 50.5. The predicted molar refractivity (Wildman–Crippen MR) is 340 cm³/mol. The number of aromatic carboxylic acids is 1. The Morgan fingerprint density at radius 3 is 1.14 bits per heavy atom. The molecule has 7 nitrogen and oxygen atoms in total. The number of fused-ring (bicyclic) bond motifs is 10. The quantitative estimate of drug-likeness (QED) is 0.159. The van der Waals surface area contributed by atoms with Crippen molar-refractivity contribution in [2.75, 3.05) is 0 Å². The van der Waals surface area contributed by atoms with Gasteiger partial charge in [-0.3, -0.25) is 0 Å². The van der Waals surface area contributed by atoms with Gasteiger partial charge in [-0.1, -0.05) is 209 Å². The van der Waals surface area contributed by atoms with E-state index in [0.29, 0.717) is 11.5 Å². The van der Waals surface area contributed by atoms with E-state index in [4.69, 9.17) is 14.7 Å². The van der Waals surface area contributed by atoms with Crippen LogP contribution in [0.2, 0.25) is 0 Å². The highest BCUT2D eigenvalue weighted by atomic mass is 16.5. The van der Waals surface area contributed by atoms with Gasteiger partial charge in [0.2, 0.25) is 0 Å². The SMILES string of the molecule is CC(C)(C)c1ccc(-c2c3nc(c(-c4ccc(C(C)(C)C)cc4)c4ccc([nH]4)c(-c4ccc(C(C)(C)C)c5c4Oc4c(C(=O)O)cc(C(C)(C)C)cc4C5(C)C)c4nc(c(-c5ccc(C(C)(C)C)cc5)c5ccc2[nH]5)C=C4)C=C3)cc1. The van der Waals surface area contributed by atoms with Crippen LogP contribution in [0.15, 0.2) is 121 Å². The van der Waals surface area contributed by atoms with Gasteiger partial charge in [0.1, 0.15) is 17.1 Å². The molecule has 5 aromatic carbocycles. The molecule has 6 heterocycles. The van der Waals surface area contributed by atoms with Gasteiger partial charge in [0.15, 0.2) is 0 Å². The highest BCUT2D eigenvalue weighted by Crippen LogP contribution is 2.57. The Morgan fingerprint density at radius 1 is 0.432 bits per heavy atom. The van der Waals surface area contributed by atoms with E-state index >= 15 is 0 Å². The Labute approximate surface area is 479 Å². The Kier molecular flexibility index (Phi) is 12.9. The molecule has 0 spiro atoms. The number of benzene rings is 5. The summed E-state index contributed by atoms with van der Waals surface area (Å²) in [6.45, 7) is 37.7. The number of aromatic nitrogens is 4. The lowest BCUT2D eigenvalue weighted by Crippen LogP contribution is -2.31. The molecule has 0 saturated heterocycles. The molecular formula is C74H78N4O3. The van der Waals surface area contributed by atoms with E-state index in [2.05, 4.69) is 267 Å². The molecule has 3 aliphatic rings. The molecular weight excluding hydrogens is 993 g/mol. The summed E-state index contributed by atoms with van der Waals surface area (Å²) >= 11 is 0. The largest absolute Gasteiger partial charge is 0.478 e. The maximum absolute atomic E-state index is 13.5. The molecule has 7 heteroatoms. The van der Waals surface area contributed by atoms with Crippen molar-refractivity contribution >= 4 is 52.3 Å². The minimum absolute atomic E-state index is 0.0178. The molecule has 0 fully saturated rings. The average molecular weight is 1070 g/mol. The molecule has 412 valence electrons. The summed E-state index contributed by atoms with van der Waals surface area (Å²) in [4.78, 5) is 32.8. The summed E-state index contributed by atoms with van der Waals surface area (Å²) in [5, 5.41) is 11.0. The van der Waals surface area contributed by atoms with Crippen LogP contribution in [0, 0.1) is 0 Å². The summed E-state index contributed by atoms with van der Waals surface area (Å²) in [6.07, 6.45) is 8.56. The summed E-state index contributed by atoms with van der Waals surface area (Å²) in [5.41, 5.74) is 20.8. The van der Waals surface area contributed by atoms with Gasteiger partial charge >= 0.3 is 5.97 Å². The number of hydrogen-bond donors (Lipinski definition) is 3. The second-order valence-corrected chi connectivity index (χ2v) is 28.3. The van der Waals surface area contributed by atoms with Crippen molar-refractivity contribution < 1.29 is 14.6 Å². The van der Waals surface area contributed by atoms with Crippen LogP contribution in [0.25, 0.3) is 90.9 Å². The molecule has 0 aliphatic carbocycles. The van der Waals surface area contributed by atoms with Gasteiger partial charge in [0, 0.05) is 66.4 Å². The van der Waals surface area contributed by atoms with E-state index in [-0.39, 0.29) is 32.6 Å². The zero-order valence-electron chi connectivity index (χ0n) is 50.5. The second kappa shape index (κ2) is 19.0. The first kappa shape index (κ1) is 54.9. The summed E-state index contributed by atoms with van der Waals surface area (Å²) < 4.78 is 7.32. The van der Waals surface area contributed by atoms with Crippen molar-refractivity contribution in [2.45, 2.75) is 150 Å². The van der Waals surface area contributed by atoms with E-state index in [9.17, 15) is 9.90 Å². The summed E-state index contributed by atoms with van der Waals surface area (Å²) in [5.74, 6) is -0.0473. The summed E-state index contributed by atoms with van der Waals surface area (Å²) in [6, 6.07) is 43.8. The second-order valence-electron chi connectivity index (χ2n) is 28.3. The Balaban J connectivity index is 1.30. The molecule has 11 rings (SSSR count). The van der Waals surface area contributed by atoms with Crippen molar-refractivity contribution in [3.05, 3.63) is 189 Å². The van der Waals surface area contributed by atoms with Crippen LogP contribution < -0.4 is 4.74 Å². The van der Waals surface area contributed by atoms with Crippen LogP contribution >= 0.6 is 0 Å². The van der Waals surface area contributed by atoms with E-state index < -0.39 is 11.4 Å². The lowest BCUT2D eigenvalue weighted by atomic mass is 9.67. The highest BCUT2D eigenvalue weighted by Gasteiger charge is 2.43. The fourth-order valence-corrected chi connectivity index (χ4v) is 12.0. The number of H-pyrrole nitrogens is 2. The molecule has 3 aliphatic heterocycles. The fourth-order valence-electron chi connectivity index (χ4n) is 12.0. The number of ether oxygens (including phenoxy) is 1. The molecule has 0 saturated carbocycles. The number of rotatable bonds is 5. The van der Waals surface area contributed by atoms with Gasteiger partial charge in [-0.25, -0.2) is 14.8 Å². The lowest BCUT2D eigenvalue weighted by molar-refractivity contribution is 0.0693. The van der Waals surface area contributed by atoms with Gasteiger partial charge in [0.05, 0.1) is 22.8 Å². The number of carboxylic acids is 1. The Bertz CT molecular complexity index is 4050. The smallest absolute Gasteiger partial charge is 0.339 e. The molecule has 0 radical (unpaired) electrons. The maximum Gasteiger partial charge on any atom is 0.339 e. The molecule has 3 N–H and O–H groups in total. The van der Waals surface area contributed by atoms with Crippen LogP contribution in [-0.4, -0.2) is 31.0 Å². The van der Waals surface area contributed by atoms with Crippen LogP contribution in [-0.2, 0) is 32.5 Å². The van der Waals surface area contributed by atoms with Crippen molar-refractivity contribution in [3.8, 4) is 56.0 Å². The predicted octanol–water partition coefficient (Wildman–Crippen LogP) is 19.9. The van der Waals surface area contributed by atoms with E-state index in [1.54, 1.807) is 6.07 Å². The number of nitrogens with zero attached hydrogens (tertiary/aromatic N) is 2. The number of carboxylic acid groups (broad SMARTS) is 1. The van der Waals surface area contributed by atoms with Crippen LogP contribution in [0.4, 0.5) is 0 Å². The van der Waals surface area contributed by atoms with Gasteiger partial charge in [-0.05, 0) is 126 Å². The standard InChI is InChI=1S/C74H78N4O3/c1-69(2,3)45-24-18-42(19-25-45)61-53-32-34-55(75-53)62(43-20-26-46(27-21-43)70(4,5)6)57-36-38-59(77-57)64(60-39-37-58(78-60)63(56-35-33-54(61)76-56)44-22-28-47(29-23-44)71(7,8)9)49-30-31-51(73(13,14)15)65-67(49)81-66-50(68(79)80)40-48(72(10,11)12)41-52(66)74(65,16)17/h18-41,75,78H,1-17H3,(H,79,80). The van der Waals surface area contributed by atoms with E-state index in [1.165, 1.54) is 16.7 Å². The third kappa shape index (κ3) is 9.87. The molecule has 8 aromatic rings. The van der Waals surface area contributed by atoms with Crippen molar-refractivity contribution in [1.82, 2.24) is 19.9 Å². The third-order valence-corrected chi connectivity index (χ3v) is 16.8. The van der Waals surface area contributed by atoms with Gasteiger partial charge in [0.25, 0.3) is 0 Å². The minimum atomic E-state index is -1.03. The van der Waals surface area contributed by atoms with Gasteiger partial charge < -0.3 is 19.8 Å². The number of carbonyl (C=O) groups is 1. The molecule has 0 amide bonds. The molecule has 0 unspecified atom stereocenters. The van der Waals surface area contributed by atoms with Crippen molar-refractivity contribution in [2.24, 2.45) is 0 Å². The summed E-state index contributed by atoms with van der Waals surface area (Å²) in [7, 11) is 0. The van der Waals surface area contributed by atoms with Gasteiger partial charge in [-0.2, -0.15) is 0 Å². The molecule has 3 aromatic heterocycles. The first-order valence-electron chi connectivity index (χ1n) is 28.7. The number of aromatic amines is 2. The maximum atomic E-state index is 13.5. The number of hydrogen-bond acceptors (Lipinski definition) is 4. The van der Waals surface area contributed by atoms with E-state index in [1.807, 2.05) is 0 Å². The minimum Gasteiger partial charge on any atom is -0.478 e. The highest BCUT2D eigenvalue weighted by molar-refractivity contribution is 6.01. The van der Waals surface area contributed by atoms with Crippen LogP contribution in [0.1, 0.15) is 190 Å². The Hall–Kier alpha value is -8.03. The molecule has 81 heavy (non-hydrogen) atoms. The van der Waals surface area contributed by atoms with Crippen molar-refractivity contribution in [3.63, 3.8) is 0 Å². The lowest BCUT2D eigenvalue weighted by Gasteiger charge is -2.41. The van der Waals surface area contributed by atoms with E-state index in [0.717, 1.165) is 112 Å². The first-order chi connectivity index (χ1) is 37.9. The third-order valence-electron chi connectivity index (χ3n) is 16.8. The zero-order chi connectivity index (χ0) is 58.1. The number of nitrogens with one attached hydrogen (secondary N) is 2. The fraction of sp³-hybridized carbons (Fsp3) is 0.311. The molecule has 0 atom stereocenters. The van der Waals surface area contributed by atoms with Crippen molar-refractivity contribution in [1.29, 1.82) is 0 Å². The normalized spacial score (nSPS) is 14.2. The van der Waals surface area contributed by atoms with Crippen LogP contribution in [0.3, 0.4) is 0 Å². The topological polar surface area (TPSA) is 104 Å². The first-order valence-corrected chi connectivity index (χ1v) is 28.7.